The molecule has 0 heterocycles. The highest BCUT2D eigenvalue weighted by molar-refractivity contribution is 8.01. The number of ketones is 1. The maximum absolute atomic E-state index is 13.3. The van der Waals surface area contributed by atoms with E-state index in [4.69, 9.17) is 4.74 Å². The summed E-state index contributed by atoms with van der Waals surface area (Å²) in [5.74, 6) is 1.00. The van der Waals surface area contributed by atoms with Crippen molar-refractivity contribution in [2.75, 3.05) is 11.1 Å². The minimum atomic E-state index is -0.750. The number of hydrogen-bond acceptors (Lipinski definition) is 5. The van der Waals surface area contributed by atoms with Crippen molar-refractivity contribution in [3.8, 4) is 0 Å². The molecule has 4 bridgehead atoms. The van der Waals surface area contributed by atoms with Gasteiger partial charge in [0.15, 0.2) is 11.9 Å². The van der Waals surface area contributed by atoms with Crippen molar-refractivity contribution in [2.24, 2.45) is 23.2 Å². The summed E-state index contributed by atoms with van der Waals surface area (Å²) in [5, 5.41) is 2.10. The number of carbonyl (C=O) groups is 3. The molecule has 31 heavy (non-hydrogen) atoms. The van der Waals surface area contributed by atoms with E-state index >= 15 is 0 Å². The second-order valence-corrected chi connectivity index (χ2v) is 11.0. The van der Waals surface area contributed by atoms with Gasteiger partial charge in [-0.25, -0.2) is 4.39 Å². The average molecular weight is 448 g/mol. The van der Waals surface area contributed by atoms with Crippen LogP contribution < -0.4 is 5.32 Å². The summed E-state index contributed by atoms with van der Waals surface area (Å²) in [7, 11) is 0. The van der Waals surface area contributed by atoms with E-state index in [2.05, 4.69) is 5.32 Å². The van der Waals surface area contributed by atoms with Crippen molar-refractivity contribution < 1.29 is 23.5 Å². The van der Waals surface area contributed by atoms with Crippen molar-refractivity contribution in [1.82, 2.24) is 0 Å². The minimum Gasteiger partial charge on any atom is -0.454 e. The molecule has 0 spiro atoms. The van der Waals surface area contributed by atoms with Gasteiger partial charge in [0.1, 0.15) is 11.1 Å². The van der Waals surface area contributed by atoms with Crippen molar-refractivity contribution in [3.05, 3.63) is 30.1 Å². The van der Waals surface area contributed by atoms with Gasteiger partial charge in [0.25, 0.3) is 0 Å². The number of rotatable bonds is 8. The van der Waals surface area contributed by atoms with Crippen LogP contribution in [-0.2, 0) is 19.1 Å². The van der Waals surface area contributed by atoms with Crippen molar-refractivity contribution in [1.29, 1.82) is 0 Å². The Kier molecular flexibility index (Phi) is 6.42. The highest BCUT2D eigenvalue weighted by atomic mass is 32.2. The van der Waals surface area contributed by atoms with Gasteiger partial charge in [-0.2, -0.15) is 0 Å². The predicted octanol–water partition coefficient (Wildman–Crippen LogP) is 4.60. The van der Waals surface area contributed by atoms with Crippen molar-refractivity contribution in [2.45, 2.75) is 63.7 Å². The number of ether oxygens (including phenoxy) is 1. The van der Waals surface area contributed by atoms with Gasteiger partial charge in [0.2, 0.25) is 5.91 Å². The fourth-order valence-corrected chi connectivity index (χ4v) is 6.83. The van der Waals surface area contributed by atoms with E-state index in [0.29, 0.717) is 23.4 Å². The smallest absolute Gasteiger partial charge is 0.319 e. The highest BCUT2D eigenvalue weighted by Crippen LogP contribution is 2.60. The molecule has 1 aromatic carbocycles. The highest BCUT2D eigenvalue weighted by Gasteiger charge is 2.55. The normalized spacial score (nSPS) is 30.5. The fraction of sp³-hybridized carbons (Fsp3) is 0.625. The third-order valence-electron chi connectivity index (χ3n) is 7.15. The van der Waals surface area contributed by atoms with E-state index in [9.17, 15) is 18.8 Å². The van der Waals surface area contributed by atoms with Gasteiger partial charge in [-0.1, -0.05) is 0 Å². The Morgan fingerprint density at radius 3 is 2.16 bits per heavy atom. The molecule has 1 amide bonds. The van der Waals surface area contributed by atoms with Crippen LogP contribution in [0.1, 0.15) is 52.4 Å². The minimum absolute atomic E-state index is 0.0605. The molecule has 7 heteroatoms. The lowest BCUT2D eigenvalue weighted by atomic mass is 9.48. The van der Waals surface area contributed by atoms with Crippen LogP contribution in [0, 0.1) is 29.0 Å². The van der Waals surface area contributed by atoms with Gasteiger partial charge in [-0.3, -0.25) is 14.4 Å². The lowest BCUT2D eigenvalue weighted by Gasteiger charge is -2.56. The molecule has 0 aromatic heterocycles. The number of halogens is 1. The van der Waals surface area contributed by atoms with Crippen LogP contribution >= 0.6 is 11.8 Å². The maximum Gasteiger partial charge on any atom is 0.319 e. The van der Waals surface area contributed by atoms with Crippen LogP contribution in [0.2, 0.25) is 0 Å². The molecule has 168 valence electrons. The zero-order chi connectivity index (χ0) is 22.2. The Balaban J connectivity index is 1.25. The molecule has 5 nitrogen and oxygen atoms in total. The number of Topliss-reactive ketones (excluding diaryl/α,β-unsaturated/α-hetero) is 1. The molecule has 0 saturated heterocycles. The number of thioether (sulfide) groups is 1. The number of amides is 1. The number of benzene rings is 1. The van der Waals surface area contributed by atoms with E-state index < -0.39 is 17.3 Å². The maximum atomic E-state index is 13.3. The molecule has 4 aliphatic rings. The lowest BCUT2D eigenvalue weighted by Crippen LogP contribution is -2.53. The number of nitrogens with one attached hydrogen (secondary N) is 1. The average Bonchev–Trinajstić information content (AvgIpc) is 2.72. The van der Waals surface area contributed by atoms with Crippen molar-refractivity contribution in [3.63, 3.8) is 0 Å². The summed E-state index contributed by atoms with van der Waals surface area (Å²) in [4.78, 5) is 37.9. The van der Waals surface area contributed by atoms with Crippen LogP contribution in [-0.4, -0.2) is 34.8 Å². The summed E-state index contributed by atoms with van der Waals surface area (Å²) in [6.45, 7) is 3.37. The summed E-state index contributed by atoms with van der Waals surface area (Å²) < 4.78 is 18.5. The standard InChI is InChI=1S/C24H30FNO4S/c1-14(22(28)24-10-16-7-17(11-24)9-18(8-16)12-24)30-23(29)15(2)31-13-21(27)26-20-5-3-19(25)4-6-20/h3-6,14-18H,7-13H2,1-2H3,(H,26,27)/t14-,15-,16?,17?,18?,24?/m0/s1. The molecule has 0 unspecified atom stereocenters. The second kappa shape index (κ2) is 8.93. The lowest BCUT2D eigenvalue weighted by molar-refractivity contribution is -0.164. The molecule has 1 aromatic rings. The second-order valence-electron chi connectivity index (χ2n) is 9.65. The predicted molar refractivity (Wildman–Crippen MR) is 118 cm³/mol. The summed E-state index contributed by atoms with van der Waals surface area (Å²) in [5.41, 5.74) is 0.205. The third-order valence-corrected chi connectivity index (χ3v) is 8.27. The van der Waals surface area contributed by atoms with Gasteiger partial charge >= 0.3 is 5.97 Å². The topological polar surface area (TPSA) is 72.5 Å². The summed E-state index contributed by atoms with van der Waals surface area (Å²) in [6, 6.07) is 5.50. The molecule has 4 saturated carbocycles. The number of hydrogen-bond donors (Lipinski definition) is 1. The SMILES string of the molecule is C[C@H](OC(=O)[C@H](C)SCC(=O)Nc1ccc(F)cc1)C(=O)C12CC3CC(CC(C3)C1)C2. The van der Waals surface area contributed by atoms with E-state index in [-0.39, 0.29) is 28.7 Å². The Labute approximate surface area is 186 Å². The third kappa shape index (κ3) is 4.97. The number of anilines is 1. The molecule has 0 radical (unpaired) electrons. The molecule has 4 aliphatic carbocycles. The monoisotopic (exact) mass is 447 g/mol. The quantitative estimate of drug-likeness (QED) is 0.590. The van der Waals surface area contributed by atoms with E-state index in [1.807, 2.05) is 0 Å². The summed E-state index contributed by atoms with van der Waals surface area (Å²) in [6.07, 6.45) is 5.88. The Morgan fingerprint density at radius 2 is 1.61 bits per heavy atom. The van der Waals surface area contributed by atoms with Crippen molar-refractivity contribution >= 4 is 35.1 Å². The molecule has 0 aliphatic heterocycles. The van der Waals surface area contributed by atoms with Gasteiger partial charge in [-0.05, 0) is 94.4 Å². The first kappa shape index (κ1) is 22.3. The van der Waals surface area contributed by atoms with Gasteiger partial charge in [0.05, 0.1) is 5.75 Å². The van der Waals surface area contributed by atoms with E-state index in [0.717, 1.165) is 31.0 Å². The number of carbonyl (C=O) groups excluding carboxylic acids is 3. The van der Waals surface area contributed by atoms with Gasteiger partial charge < -0.3 is 10.1 Å². The van der Waals surface area contributed by atoms with Gasteiger partial charge in [-0.15, -0.1) is 11.8 Å². The Bertz CT molecular complexity index is 820. The van der Waals surface area contributed by atoms with Crippen LogP contribution in [0.15, 0.2) is 24.3 Å². The fourth-order valence-electron chi connectivity index (χ4n) is 6.17. The van der Waals surface area contributed by atoms with E-state index in [1.54, 1.807) is 13.8 Å². The number of esters is 1. The first-order valence-corrected chi connectivity index (χ1v) is 12.2. The van der Waals surface area contributed by atoms with Gasteiger partial charge in [0, 0.05) is 11.1 Å². The Hall–Kier alpha value is -1.89. The van der Waals surface area contributed by atoms with Crippen LogP contribution in [0.25, 0.3) is 0 Å². The molecular formula is C24H30FNO4S. The molecule has 1 N–H and O–H groups in total. The molecule has 2 atom stereocenters. The molecule has 4 fully saturated rings. The molecular weight excluding hydrogens is 417 g/mol. The zero-order valence-electron chi connectivity index (χ0n) is 18.1. The summed E-state index contributed by atoms with van der Waals surface area (Å²) >= 11 is 1.16. The molecule has 5 rings (SSSR count). The largest absolute Gasteiger partial charge is 0.454 e. The van der Waals surface area contributed by atoms with Crippen LogP contribution in [0.3, 0.4) is 0 Å². The van der Waals surface area contributed by atoms with E-state index in [1.165, 1.54) is 43.5 Å². The van der Waals surface area contributed by atoms with Crippen LogP contribution in [0.4, 0.5) is 10.1 Å². The first-order chi connectivity index (χ1) is 14.7. The first-order valence-electron chi connectivity index (χ1n) is 11.2. The van der Waals surface area contributed by atoms with Crippen LogP contribution in [0.5, 0.6) is 0 Å². The Morgan fingerprint density at radius 1 is 1.06 bits per heavy atom. The zero-order valence-corrected chi connectivity index (χ0v) is 18.9.